The molecule has 0 amide bonds. The van der Waals surface area contributed by atoms with E-state index in [9.17, 15) is 4.79 Å². The first kappa shape index (κ1) is 13.2. The van der Waals surface area contributed by atoms with E-state index < -0.39 is 5.97 Å². The third-order valence-electron chi connectivity index (χ3n) is 2.41. The quantitative estimate of drug-likeness (QED) is 0.828. The third kappa shape index (κ3) is 3.61. The summed E-state index contributed by atoms with van der Waals surface area (Å²) in [6.45, 7) is 2.76. The molecule has 96 valence electrons. The molecule has 0 spiro atoms. The standard InChI is InChI=1S/C12H14N2O2S2/c1-9-6-14(4-2-10-3-5-17-7-10)12(13-9)18-8-11(15)16/h3,5-7H,2,4,8H2,1H3,(H,15,16). The Morgan fingerprint density at radius 3 is 3.11 bits per heavy atom. The highest BCUT2D eigenvalue weighted by atomic mass is 32.2. The minimum atomic E-state index is -0.815. The molecule has 0 aliphatic rings. The number of aryl methyl sites for hydroxylation is 3. The van der Waals surface area contributed by atoms with Crippen LogP contribution in [0, 0.1) is 6.92 Å². The highest BCUT2D eigenvalue weighted by molar-refractivity contribution is 7.99. The molecule has 0 fully saturated rings. The predicted octanol–water partition coefficient (Wildman–Crippen LogP) is 2.67. The second-order valence-corrected chi connectivity index (χ2v) is 5.64. The van der Waals surface area contributed by atoms with Crippen LogP contribution in [0.2, 0.25) is 0 Å². The molecule has 0 aliphatic heterocycles. The number of thiophene rings is 1. The van der Waals surface area contributed by atoms with E-state index in [1.165, 1.54) is 17.3 Å². The molecule has 0 unspecified atom stereocenters. The fourth-order valence-electron chi connectivity index (χ4n) is 1.61. The molecule has 2 rings (SSSR count). The highest BCUT2D eigenvalue weighted by Crippen LogP contribution is 2.18. The van der Waals surface area contributed by atoms with Crippen molar-refractivity contribution in [3.8, 4) is 0 Å². The van der Waals surface area contributed by atoms with Crippen molar-refractivity contribution in [1.82, 2.24) is 9.55 Å². The van der Waals surface area contributed by atoms with Crippen LogP contribution in [0.15, 0.2) is 28.2 Å². The summed E-state index contributed by atoms with van der Waals surface area (Å²) in [7, 11) is 0. The molecule has 0 saturated carbocycles. The van der Waals surface area contributed by atoms with Gasteiger partial charge in [-0.25, -0.2) is 4.98 Å². The second-order valence-electron chi connectivity index (χ2n) is 3.92. The summed E-state index contributed by atoms with van der Waals surface area (Å²) in [4.78, 5) is 14.9. The van der Waals surface area contributed by atoms with Crippen molar-refractivity contribution in [2.75, 3.05) is 5.75 Å². The lowest BCUT2D eigenvalue weighted by atomic mass is 10.2. The van der Waals surface area contributed by atoms with Crippen molar-refractivity contribution in [2.45, 2.75) is 25.0 Å². The molecule has 18 heavy (non-hydrogen) atoms. The Morgan fingerprint density at radius 2 is 2.44 bits per heavy atom. The van der Waals surface area contributed by atoms with Gasteiger partial charge in [0.1, 0.15) is 0 Å². The molecule has 0 bridgehead atoms. The number of aromatic nitrogens is 2. The van der Waals surface area contributed by atoms with Crippen LogP contribution in [0.3, 0.4) is 0 Å². The summed E-state index contributed by atoms with van der Waals surface area (Å²) < 4.78 is 2.03. The first-order valence-corrected chi connectivity index (χ1v) is 7.47. The summed E-state index contributed by atoms with van der Waals surface area (Å²) in [6.07, 6.45) is 2.91. The van der Waals surface area contributed by atoms with Crippen molar-refractivity contribution in [1.29, 1.82) is 0 Å². The first-order chi connectivity index (χ1) is 8.65. The summed E-state index contributed by atoms with van der Waals surface area (Å²) in [5, 5.41) is 13.7. The van der Waals surface area contributed by atoms with E-state index in [1.54, 1.807) is 11.3 Å². The lowest BCUT2D eigenvalue weighted by Gasteiger charge is -2.05. The van der Waals surface area contributed by atoms with Gasteiger partial charge in [0, 0.05) is 12.7 Å². The molecule has 6 heteroatoms. The number of hydrogen-bond donors (Lipinski definition) is 1. The topological polar surface area (TPSA) is 55.1 Å². The number of thioether (sulfide) groups is 1. The van der Waals surface area contributed by atoms with Crippen LogP contribution in [0.4, 0.5) is 0 Å². The van der Waals surface area contributed by atoms with Gasteiger partial charge in [-0.05, 0) is 35.7 Å². The molecule has 1 N–H and O–H groups in total. The van der Waals surface area contributed by atoms with Crippen molar-refractivity contribution >= 4 is 29.1 Å². The molecule has 0 aliphatic carbocycles. The van der Waals surface area contributed by atoms with Gasteiger partial charge in [0.15, 0.2) is 5.16 Å². The average molecular weight is 282 g/mol. The number of carboxylic acid groups (broad SMARTS) is 1. The minimum absolute atomic E-state index is 0.0505. The van der Waals surface area contributed by atoms with E-state index in [0.29, 0.717) is 0 Å². The summed E-state index contributed by atoms with van der Waals surface area (Å²) >= 11 is 2.96. The molecule has 2 heterocycles. The van der Waals surface area contributed by atoms with Crippen molar-refractivity contribution < 1.29 is 9.90 Å². The Kier molecular flexibility index (Phi) is 4.43. The van der Waals surface area contributed by atoms with Crippen LogP contribution in [0.5, 0.6) is 0 Å². The fourth-order valence-corrected chi connectivity index (χ4v) is 3.08. The van der Waals surface area contributed by atoms with E-state index in [-0.39, 0.29) is 5.75 Å². The lowest BCUT2D eigenvalue weighted by molar-refractivity contribution is -0.133. The predicted molar refractivity (Wildman–Crippen MR) is 73.3 cm³/mol. The fraction of sp³-hybridized carbons (Fsp3) is 0.333. The number of imidazole rings is 1. The molecule has 0 saturated heterocycles. The van der Waals surface area contributed by atoms with Crippen LogP contribution >= 0.6 is 23.1 Å². The maximum absolute atomic E-state index is 10.6. The molecule has 0 aromatic carbocycles. The number of carboxylic acids is 1. The number of aliphatic carboxylic acids is 1. The molecule has 4 nitrogen and oxygen atoms in total. The minimum Gasteiger partial charge on any atom is -0.481 e. The van der Waals surface area contributed by atoms with E-state index in [0.717, 1.165) is 23.8 Å². The third-order valence-corrected chi connectivity index (χ3v) is 4.11. The Hall–Kier alpha value is -1.27. The Labute approximate surface area is 114 Å². The number of rotatable bonds is 6. The van der Waals surface area contributed by atoms with Gasteiger partial charge < -0.3 is 9.67 Å². The van der Waals surface area contributed by atoms with Crippen molar-refractivity contribution in [2.24, 2.45) is 0 Å². The number of hydrogen-bond acceptors (Lipinski definition) is 4. The molecule has 0 radical (unpaired) electrons. The largest absolute Gasteiger partial charge is 0.481 e. The first-order valence-electron chi connectivity index (χ1n) is 5.54. The van der Waals surface area contributed by atoms with Crippen LogP contribution in [0.25, 0.3) is 0 Å². The van der Waals surface area contributed by atoms with Gasteiger partial charge in [0.2, 0.25) is 0 Å². The molecule has 2 aromatic heterocycles. The van der Waals surface area contributed by atoms with Gasteiger partial charge in [-0.15, -0.1) is 0 Å². The molecule has 0 atom stereocenters. The Bertz CT molecular complexity index is 520. The van der Waals surface area contributed by atoms with Crippen LogP contribution < -0.4 is 0 Å². The average Bonchev–Trinajstić information content (AvgIpc) is 2.92. The van der Waals surface area contributed by atoms with Crippen LogP contribution in [0.1, 0.15) is 11.3 Å². The highest BCUT2D eigenvalue weighted by Gasteiger charge is 2.08. The van der Waals surface area contributed by atoms with Crippen LogP contribution in [-0.4, -0.2) is 26.4 Å². The zero-order valence-corrected chi connectivity index (χ0v) is 11.6. The zero-order valence-electron chi connectivity index (χ0n) is 10.00. The maximum atomic E-state index is 10.6. The Morgan fingerprint density at radius 1 is 1.61 bits per heavy atom. The van der Waals surface area contributed by atoms with Crippen molar-refractivity contribution in [3.63, 3.8) is 0 Å². The summed E-state index contributed by atoms with van der Waals surface area (Å²) in [6, 6.07) is 2.11. The van der Waals surface area contributed by atoms with E-state index in [2.05, 4.69) is 21.8 Å². The zero-order chi connectivity index (χ0) is 13.0. The van der Waals surface area contributed by atoms with E-state index in [4.69, 9.17) is 5.11 Å². The molecule has 2 aromatic rings. The SMILES string of the molecule is Cc1cn(CCc2ccsc2)c(SCC(=O)O)n1. The Balaban J connectivity index is 2.00. The van der Waals surface area contributed by atoms with Crippen molar-refractivity contribution in [3.05, 3.63) is 34.3 Å². The smallest absolute Gasteiger partial charge is 0.313 e. The van der Waals surface area contributed by atoms with Gasteiger partial charge in [0.25, 0.3) is 0 Å². The maximum Gasteiger partial charge on any atom is 0.313 e. The normalized spacial score (nSPS) is 10.7. The van der Waals surface area contributed by atoms with Gasteiger partial charge in [0.05, 0.1) is 11.4 Å². The van der Waals surface area contributed by atoms with E-state index >= 15 is 0 Å². The number of nitrogens with zero attached hydrogens (tertiary/aromatic N) is 2. The van der Waals surface area contributed by atoms with Gasteiger partial charge >= 0.3 is 5.97 Å². The molecular weight excluding hydrogens is 268 g/mol. The van der Waals surface area contributed by atoms with Gasteiger partial charge in [-0.2, -0.15) is 11.3 Å². The van der Waals surface area contributed by atoms with Gasteiger partial charge in [-0.3, -0.25) is 4.79 Å². The lowest BCUT2D eigenvalue weighted by Crippen LogP contribution is -2.04. The summed E-state index contributed by atoms with van der Waals surface area (Å²) in [5.41, 5.74) is 2.23. The van der Waals surface area contributed by atoms with E-state index in [1.807, 2.05) is 17.7 Å². The van der Waals surface area contributed by atoms with Crippen LogP contribution in [-0.2, 0) is 17.8 Å². The summed E-state index contributed by atoms with van der Waals surface area (Å²) in [5.74, 6) is -0.764. The monoisotopic (exact) mass is 282 g/mol. The molecular formula is C12H14N2O2S2. The number of carbonyl (C=O) groups is 1. The second kappa shape index (κ2) is 6.06. The van der Waals surface area contributed by atoms with Gasteiger partial charge in [-0.1, -0.05) is 11.8 Å².